The van der Waals surface area contributed by atoms with Crippen LogP contribution in [0.1, 0.15) is 58.5 Å². The average Bonchev–Trinajstić information content (AvgIpc) is 3.07. The lowest BCUT2D eigenvalue weighted by atomic mass is 9.92. The van der Waals surface area contributed by atoms with Gasteiger partial charge in [0.2, 0.25) is 5.91 Å². The quantitative estimate of drug-likeness (QED) is 0.603. The van der Waals surface area contributed by atoms with Crippen LogP contribution in [0.3, 0.4) is 0 Å². The topological polar surface area (TPSA) is 49.4 Å². The molecular weight excluding hydrogens is 427 g/mol. The first kappa shape index (κ1) is 20.9. The van der Waals surface area contributed by atoms with Crippen molar-refractivity contribution in [2.24, 2.45) is 0 Å². The van der Waals surface area contributed by atoms with Crippen LogP contribution < -0.4 is 5.32 Å². The second-order valence-corrected chi connectivity index (χ2v) is 9.68. The largest absolute Gasteiger partial charge is 0.316 e. The van der Waals surface area contributed by atoms with E-state index in [2.05, 4.69) is 10.2 Å². The maximum absolute atomic E-state index is 13.4. The van der Waals surface area contributed by atoms with Crippen LogP contribution in [-0.2, 0) is 17.6 Å². The van der Waals surface area contributed by atoms with Crippen LogP contribution in [0.15, 0.2) is 18.2 Å². The number of rotatable bonds is 5. The number of piperidine rings is 1. The van der Waals surface area contributed by atoms with Crippen LogP contribution in [0.2, 0.25) is 10.0 Å². The summed E-state index contributed by atoms with van der Waals surface area (Å²) in [5, 5.41) is 4.51. The molecule has 1 aliphatic carbocycles. The third kappa shape index (κ3) is 4.69. The highest BCUT2D eigenvalue weighted by atomic mass is 35.5. The molecule has 1 amide bonds. The van der Waals surface area contributed by atoms with Gasteiger partial charge in [-0.1, -0.05) is 29.6 Å². The highest BCUT2D eigenvalue weighted by Gasteiger charge is 2.27. The lowest BCUT2D eigenvalue weighted by Crippen LogP contribution is -2.36. The summed E-state index contributed by atoms with van der Waals surface area (Å²) in [6, 6.07) is 4.95. The van der Waals surface area contributed by atoms with Gasteiger partial charge in [-0.25, -0.2) is 0 Å². The molecule has 1 saturated heterocycles. The molecule has 0 spiro atoms. The van der Waals surface area contributed by atoms with Crippen molar-refractivity contribution >= 4 is 51.2 Å². The minimum Gasteiger partial charge on any atom is -0.316 e. The zero-order valence-corrected chi connectivity index (χ0v) is 18.6. The molecule has 4 rings (SSSR count). The number of hydrogen-bond acceptors (Lipinski definition) is 4. The molecular formula is C22H24Cl2N2O2S. The van der Waals surface area contributed by atoms with Crippen molar-refractivity contribution in [3.8, 4) is 0 Å². The Morgan fingerprint density at radius 2 is 1.76 bits per heavy atom. The molecule has 7 heteroatoms. The lowest BCUT2D eigenvalue weighted by molar-refractivity contribution is -0.117. The number of thiophene rings is 1. The number of hydrogen-bond donors (Lipinski definition) is 1. The Hall–Kier alpha value is -1.40. The van der Waals surface area contributed by atoms with Crippen LogP contribution in [0.4, 0.5) is 5.00 Å². The normalized spacial score (nSPS) is 17.0. The summed E-state index contributed by atoms with van der Waals surface area (Å²) in [6.45, 7) is 2.30. The van der Waals surface area contributed by atoms with E-state index in [9.17, 15) is 9.59 Å². The van der Waals surface area contributed by atoms with E-state index in [1.54, 1.807) is 29.5 Å². The van der Waals surface area contributed by atoms with Crippen molar-refractivity contribution in [2.45, 2.75) is 44.9 Å². The van der Waals surface area contributed by atoms with Crippen molar-refractivity contribution in [1.29, 1.82) is 0 Å². The molecule has 1 N–H and O–H groups in total. The van der Waals surface area contributed by atoms with Crippen molar-refractivity contribution < 1.29 is 9.59 Å². The van der Waals surface area contributed by atoms with Gasteiger partial charge < -0.3 is 5.32 Å². The molecule has 0 bridgehead atoms. The second-order valence-electron chi connectivity index (χ2n) is 7.76. The highest BCUT2D eigenvalue weighted by Crippen LogP contribution is 2.39. The predicted octanol–water partition coefficient (Wildman–Crippen LogP) is 5.59. The Kier molecular flexibility index (Phi) is 6.60. The molecule has 0 atom stereocenters. The smallest absolute Gasteiger partial charge is 0.239 e. The molecule has 1 aliphatic heterocycles. The first-order valence-corrected chi connectivity index (χ1v) is 11.8. The van der Waals surface area contributed by atoms with E-state index in [1.165, 1.54) is 11.3 Å². The number of carbonyl (C=O) groups is 2. The summed E-state index contributed by atoms with van der Waals surface area (Å²) in [7, 11) is 0. The lowest BCUT2D eigenvalue weighted by Gasteiger charge is -2.25. The first-order chi connectivity index (χ1) is 14.0. The number of halogens is 2. The molecule has 1 aromatic heterocycles. The van der Waals surface area contributed by atoms with E-state index in [0.717, 1.165) is 57.2 Å². The van der Waals surface area contributed by atoms with E-state index in [0.29, 0.717) is 32.7 Å². The van der Waals surface area contributed by atoms with Gasteiger partial charge in [-0.05, 0) is 75.4 Å². The van der Waals surface area contributed by atoms with E-state index in [-0.39, 0.29) is 11.7 Å². The van der Waals surface area contributed by atoms with Crippen LogP contribution >= 0.6 is 34.5 Å². The Morgan fingerprint density at radius 1 is 1.00 bits per heavy atom. The first-order valence-electron chi connectivity index (χ1n) is 10.2. The summed E-state index contributed by atoms with van der Waals surface area (Å²) in [5.41, 5.74) is 2.22. The summed E-state index contributed by atoms with van der Waals surface area (Å²) in [4.78, 5) is 29.5. The molecule has 2 aromatic rings. The van der Waals surface area contributed by atoms with Gasteiger partial charge in [0.25, 0.3) is 0 Å². The number of nitrogens with one attached hydrogen (secondary N) is 1. The summed E-state index contributed by atoms with van der Waals surface area (Å²) < 4.78 is 0. The van der Waals surface area contributed by atoms with Gasteiger partial charge in [-0.2, -0.15) is 0 Å². The maximum Gasteiger partial charge on any atom is 0.239 e. The Labute approximate surface area is 185 Å². The third-order valence-corrected chi connectivity index (χ3v) is 7.60. The molecule has 4 nitrogen and oxygen atoms in total. The predicted molar refractivity (Wildman–Crippen MR) is 120 cm³/mol. The number of benzene rings is 1. The number of anilines is 1. The highest BCUT2D eigenvalue weighted by molar-refractivity contribution is 7.17. The summed E-state index contributed by atoms with van der Waals surface area (Å²) in [6.07, 6.45) is 7.53. The summed E-state index contributed by atoms with van der Waals surface area (Å²) >= 11 is 13.7. The number of fused-ring (bicyclic) bond motifs is 1. The molecule has 1 fully saturated rings. The SMILES string of the molecule is O=C(CN1CCCCC1)Nc1sc2c(c1C(=O)c1ccc(Cl)c(Cl)c1)CCCC2. The maximum atomic E-state index is 13.4. The van der Waals surface area contributed by atoms with Crippen molar-refractivity contribution in [1.82, 2.24) is 4.90 Å². The number of amides is 1. The molecule has 0 saturated carbocycles. The van der Waals surface area contributed by atoms with Crippen molar-refractivity contribution in [3.63, 3.8) is 0 Å². The van der Waals surface area contributed by atoms with Gasteiger partial charge in [0.15, 0.2) is 5.78 Å². The van der Waals surface area contributed by atoms with Gasteiger partial charge in [0.1, 0.15) is 5.00 Å². The molecule has 2 heterocycles. The van der Waals surface area contributed by atoms with Gasteiger partial charge >= 0.3 is 0 Å². The van der Waals surface area contributed by atoms with E-state index in [1.807, 2.05) is 0 Å². The zero-order valence-electron chi connectivity index (χ0n) is 16.2. The second kappa shape index (κ2) is 9.17. The molecule has 0 unspecified atom stereocenters. The van der Waals surface area contributed by atoms with Crippen molar-refractivity contribution in [3.05, 3.63) is 49.8 Å². The zero-order chi connectivity index (χ0) is 20.4. The van der Waals surface area contributed by atoms with Gasteiger partial charge in [0, 0.05) is 10.4 Å². The Balaban J connectivity index is 1.61. The fourth-order valence-electron chi connectivity index (χ4n) is 4.16. The fourth-order valence-corrected chi connectivity index (χ4v) is 5.76. The minimum absolute atomic E-state index is 0.0475. The fraction of sp³-hybridized carbons (Fsp3) is 0.455. The molecule has 1 aromatic carbocycles. The van der Waals surface area contributed by atoms with Crippen LogP contribution in [0.25, 0.3) is 0 Å². The minimum atomic E-state index is -0.101. The van der Waals surface area contributed by atoms with E-state index < -0.39 is 0 Å². The standard InChI is InChI=1S/C22H24Cl2N2O2S/c23-16-9-8-14(12-17(16)24)21(28)20-15-6-2-3-7-18(15)29-22(20)25-19(27)13-26-10-4-1-5-11-26/h8-9,12H,1-7,10-11,13H2,(H,25,27). The number of likely N-dealkylation sites (tertiary alicyclic amines) is 1. The van der Waals surface area contributed by atoms with Gasteiger partial charge in [0.05, 0.1) is 22.2 Å². The number of nitrogens with zero attached hydrogens (tertiary/aromatic N) is 1. The molecule has 0 radical (unpaired) electrons. The average molecular weight is 451 g/mol. The number of ketones is 1. The van der Waals surface area contributed by atoms with E-state index in [4.69, 9.17) is 23.2 Å². The monoisotopic (exact) mass is 450 g/mol. The van der Waals surface area contributed by atoms with Crippen LogP contribution in [0, 0.1) is 0 Å². The van der Waals surface area contributed by atoms with Gasteiger partial charge in [-0.3, -0.25) is 14.5 Å². The Bertz CT molecular complexity index is 935. The molecule has 29 heavy (non-hydrogen) atoms. The Morgan fingerprint density at radius 3 is 2.52 bits per heavy atom. The number of aryl methyl sites for hydroxylation is 1. The summed E-state index contributed by atoms with van der Waals surface area (Å²) in [5.74, 6) is -0.148. The molecule has 2 aliphatic rings. The van der Waals surface area contributed by atoms with Crippen LogP contribution in [0.5, 0.6) is 0 Å². The van der Waals surface area contributed by atoms with E-state index >= 15 is 0 Å². The van der Waals surface area contributed by atoms with Gasteiger partial charge in [-0.15, -0.1) is 11.3 Å². The van der Waals surface area contributed by atoms with Crippen LogP contribution in [-0.4, -0.2) is 36.2 Å². The molecule has 154 valence electrons. The number of carbonyl (C=O) groups excluding carboxylic acids is 2. The van der Waals surface area contributed by atoms with Crippen molar-refractivity contribution in [2.75, 3.05) is 25.0 Å². The third-order valence-electron chi connectivity index (χ3n) is 5.65.